The highest BCUT2D eigenvalue weighted by molar-refractivity contribution is 5.82. The molecule has 0 aliphatic carbocycles. The molecule has 2 rings (SSSR count). The molecule has 102 valence electrons. The molecule has 0 saturated carbocycles. The zero-order valence-corrected chi connectivity index (χ0v) is 10.8. The SMILES string of the molecule is CC1CCCCN1/C(N)=N/c1ncccc1[N+](=O)[O-]. The molecule has 0 spiro atoms. The second kappa shape index (κ2) is 5.64. The average Bonchev–Trinajstić information content (AvgIpc) is 2.39. The van der Waals surface area contributed by atoms with Gasteiger partial charge in [0.1, 0.15) is 0 Å². The lowest BCUT2D eigenvalue weighted by Crippen LogP contribution is -2.46. The molecule has 0 aromatic carbocycles. The predicted octanol–water partition coefficient (Wildman–Crippen LogP) is 1.81. The minimum Gasteiger partial charge on any atom is -0.369 e. The van der Waals surface area contributed by atoms with Crippen LogP contribution in [0.3, 0.4) is 0 Å². The third-order valence-corrected chi connectivity index (χ3v) is 3.28. The van der Waals surface area contributed by atoms with Gasteiger partial charge in [0.2, 0.25) is 5.82 Å². The Morgan fingerprint density at radius 1 is 1.63 bits per heavy atom. The van der Waals surface area contributed by atoms with E-state index in [0.717, 1.165) is 19.4 Å². The van der Waals surface area contributed by atoms with Crippen LogP contribution in [0, 0.1) is 10.1 Å². The Labute approximate surface area is 111 Å². The molecule has 1 aliphatic heterocycles. The van der Waals surface area contributed by atoms with Gasteiger partial charge in [0.15, 0.2) is 5.96 Å². The molecule has 0 amide bonds. The van der Waals surface area contributed by atoms with E-state index in [9.17, 15) is 10.1 Å². The second-order valence-electron chi connectivity index (χ2n) is 4.61. The number of pyridine rings is 1. The summed E-state index contributed by atoms with van der Waals surface area (Å²) in [7, 11) is 0. The summed E-state index contributed by atoms with van der Waals surface area (Å²) in [5.74, 6) is 0.358. The van der Waals surface area contributed by atoms with Gasteiger partial charge in [-0.3, -0.25) is 10.1 Å². The fraction of sp³-hybridized carbons (Fsp3) is 0.500. The molecule has 1 aromatic heterocycles. The number of nitrogens with zero attached hydrogens (tertiary/aromatic N) is 4. The lowest BCUT2D eigenvalue weighted by molar-refractivity contribution is -0.384. The van der Waals surface area contributed by atoms with E-state index in [1.54, 1.807) is 0 Å². The number of nitrogens with two attached hydrogens (primary N) is 1. The maximum Gasteiger partial charge on any atom is 0.313 e. The lowest BCUT2D eigenvalue weighted by atomic mass is 10.0. The van der Waals surface area contributed by atoms with E-state index >= 15 is 0 Å². The normalized spacial score (nSPS) is 20.4. The van der Waals surface area contributed by atoms with Crippen molar-refractivity contribution in [2.24, 2.45) is 10.7 Å². The van der Waals surface area contributed by atoms with Crippen molar-refractivity contribution >= 4 is 17.5 Å². The van der Waals surface area contributed by atoms with Crippen molar-refractivity contribution in [1.29, 1.82) is 0 Å². The lowest BCUT2D eigenvalue weighted by Gasteiger charge is -2.34. The number of aromatic nitrogens is 1. The van der Waals surface area contributed by atoms with E-state index in [1.165, 1.54) is 24.8 Å². The number of hydrogen-bond acceptors (Lipinski definition) is 4. The van der Waals surface area contributed by atoms with E-state index in [0.29, 0.717) is 12.0 Å². The number of aliphatic imine (C=N–C) groups is 1. The van der Waals surface area contributed by atoms with Crippen LogP contribution in [-0.2, 0) is 0 Å². The molecule has 0 bridgehead atoms. The van der Waals surface area contributed by atoms with Crippen molar-refractivity contribution in [1.82, 2.24) is 9.88 Å². The van der Waals surface area contributed by atoms with E-state index in [1.807, 2.05) is 4.90 Å². The number of rotatable bonds is 2. The van der Waals surface area contributed by atoms with Crippen LogP contribution in [0.25, 0.3) is 0 Å². The van der Waals surface area contributed by atoms with Gasteiger partial charge in [0.25, 0.3) is 0 Å². The zero-order valence-electron chi connectivity index (χ0n) is 10.8. The minimum absolute atomic E-state index is 0.0581. The number of piperidine rings is 1. The van der Waals surface area contributed by atoms with Gasteiger partial charge in [-0.25, -0.2) is 4.98 Å². The number of hydrogen-bond donors (Lipinski definition) is 1. The first-order valence-corrected chi connectivity index (χ1v) is 6.30. The van der Waals surface area contributed by atoms with E-state index in [-0.39, 0.29) is 11.5 Å². The van der Waals surface area contributed by atoms with E-state index < -0.39 is 4.92 Å². The molecule has 1 aromatic rings. The fourth-order valence-corrected chi connectivity index (χ4v) is 2.23. The standard InChI is InChI=1S/C12H17N5O2/c1-9-5-2-3-8-16(9)12(13)15-11-10(17(18)19)6-4-7-14-11/h4,6-7,9H,2-3,5,8H2,1H3,(H2,13,14,15). The summed E-state index contributed by atoms with van der Waals surface area (Å²) in [5.41, 5.74) is 5.82. The van der Waals surface area contributed by atoms with Crippen molar-refractivity contribution < 1.29 is 4.92 Å². The van der Waals surface area contributed by atoms with Crippen LogP contribution in [-0.4, -0.2) is 33.4 Å². The van der Waals surface area contributed by atoms with Crippen LogP contribution in [0.5, 0.6) is 0 Å². The van der Waals surface area contributed by atoms with Gasteiger partial charge in [0.05, 0.1) is 4.92 Å². The van der Waals surface area contributed by atoms with Crippen molar-refractivity contribution in [2.75, 3.05) is 6.54 Å². The van der Waals surface area contributed by atoms with Crippen molar-refractivity contribution in [3.63, 3.8) is 0 Å². The van der Waals surface area contributed by atoms with Crippen LogP contribution in [0.15, 0.2) is 23.3 Å². The first kappa shape index (κ1) is 13.3. The van der Waals surface area contributed by atoms with E-state index in [2.05, 4.69) is 16.9 Å². The van der Waals surface area contributed by atoms with Crippen molar-refractivity contribution in [2.45, 2.75) is 32.2 Å². The minimum atomic E-state index is -0.501. The third kappa shape index (κ3) is 2.98. The summed E-state index contributed by atoms with van der Waals surface area (Å²) in [5, 5.41) is 10.9. The Kier molecular flexibility index (Phi) is 3.94. The number of nitro groups is 1. The number of likely N-dealkylation sites (tertiary alicyclic amines) is 1. The van der Waals surface area contributed by atoms with Gasteiger partial charge in [-0.15, -0.1) is 0 Å². The van der Waals surface area contributed by atoms with Crippen LogP contribution < -0.4 is 5.73 Å². The average molecular weight is 263 g/mol. The summed E-state index contributed by atoms with van der Waals surface area (Å²) in [6.07, 6.45) is 4.76. The molecular weight excluding hydrogens is 246 g/mol. The van der Waals surface area contributed by atoms with Crippen LogP contribution in [0.2, 0.25) is 0 Å². The Morgan fingerprint density at radius 3 is 3.11 bits per heavy atom. The Morgan fingerprint density at radius 2 is 2.42 bits per heavy atom. The third-order valence-electron chi connectivity index (χ3n) is 3.28. The van der Waals surface area contributed by atoms with Crippen molar-refractivity contribution in [3.05, 3.63) is 28.4 Å². The molecular formula is C12H17N5O2. The van der Waals surface area contributed by atoms with Gasteiger partial charge in [-0.1, -0.05) is 0 Å². The smallest absolute Gasteiger partial charge is 0.313 e. The van der Waals surface area contributed by atoms with E-state index in [4.69, 9.17) is 5.73 Å². The summed E-state index contributed by atoms with van der Waals surface area (Å²) >= 11 is 0. The van der Waals surface area contributed by atoms with Crippen LogP contribution >= 0.6 is 0 Å². The van der Waals surface area contributed by atoms with Crippen molar-refractivity contribution in [3.8, 4) is 0 Å². The van der Waals surface area contributed by atoms with Gasteiger partial charge in [-0.2, -0.15) is 4.99 Å². The van der Waals surface area contributed by atoms with Gasteiger partial charge in [-0.05, 0) is 32.3 Å². The first-order valence-electron chi connectivity index (χ1n) is 6.30. The molecule has 2 N–H and O–H groups in total. The zero-order chi connectivity index (χ0) is 13.8. The molecule has 19 heavy (non-hydrogen) atoms. The predicted molar refractivity (Wildman–Crippen MR) is 72.2 cm³/mol. The molecule has 1 aliphatic rings. The summed E-state index contributed by atoms with van der Waals surface area (Å²) in [6.45, 7) is 2.91. The topological polar surface area (TPSA) is 97.7 Å². The largest absolute Gasteiger partial charge is 0.369 e. The quantitative estimate of drug-likeness (QED) is 0.380. The molecule has 1 unspecified atom stereocenters. The molecule has 2 heterocycles. The molecule has 1 saturated heterocycles. The monoisotopic (exact) mass is 263 g/mol. The second-order valence-corrected chi connectivity index (χ2v) is 4.61. The fourth-order valence-electron chi connectivity index (χ4n) is 2.23. The van der Waals surface area contributed by atoms with Gasteiger partial charge < -0.3 is 10.6 Å². The highest BCUT2D eigenvalue weighted by atomic mass is 16.6. The van der Waals surface area contributed by atoms with Gasteiger partial charge >= 0.3 is 5.69 Å². The summed E-state index contributed by atoms with van der Waals surface area (Å²) in [6, 6.07) is 3.19. The molecule has 0 radical (unpaired) electrons. The Hall–Kier alpha value is -2.18. The molecule has 7 nitrogen and oxygen atoms in total. The number of guanidine groups is 1. The van der Waals surface area contributed by atoms with Gasteiger partial charge in [0, 0.05) is 24.8 Å². The Bertz CT molecular complexity index is 503. The highest BCUT2D eigenvalue weighted by Gasteiger charge is 2.21. The first-order chi connectivity index (χ1) is 9.09. The van der Waals surface area contributed by atoms with Crippen LogP contribution in [0.1, 0.15) is 26.2 Å². The highest BCUT2D eigenvalue weighted by Crippen LogP contribution is 2.24. The van der Waals surface area contributed by atoms with Crippen LogP contribution in [0.4, 0.5) is 11.5 Å². The maximum absolute atomic E-state index is 10.9. The molecule has 7 heteroatoms. The molecule has 1 atom stereocenters. The molecule has 1 fully saturated rings. The Balaban J connectivity index is 2.27. The summed E-state index contributed by atoms with van der Waals surface area (Å²) in [4.78, 5) is 20.4. The summed E-state index contributed by atoms with van der Waals surface area (Å²) < 4.78 is 0. The maximum atomic E-state index is 10.9.